The molecule has 0 aromatic heterocycles. The van der Waals surface area contributed by atoms with E-state index >= 15 is 0 Å². The minimum absolute atomic E-state index is 0.110. The summed E-state index contributed by atoms with van der Waals surface area (Å²) in [4.78, 5) is 26.7. The Morgan fingerprint density at radius 2 is 1.86 bits per heavy atom. The third-order valence-electron chi connectivity index (χ3n) is 3.88. The summed E-state index contributed by atoms with van der Waals surface area (Å²) >= 11 is 6.46. The van der Waals surface area contributed by atoms with E-state index in [0.29, 0.717) is 14.9 Å². The molecule has 2 N–H and O–H groups in total. The first-order valence-corrected chi connectivity index (χ1v) is 9.72. The van der Waals surface area contributed by atoms with Gasteiger partial charge in [-0.3, -0.25) is 14.5 Å². The van der Waals surface area contributed by atoms with Gasteiger partial charge in [-0.2, -0.15) is 0 Å². The van der Waals surface area contributed by atoms with Crippen molar-refractivity contribution in [2.24, 2.45) is 0 Å². The fourth-order valence-corrected chi connectivity index (χ4v) is 3.89. The number of thiocarbonyl (C=S) groups is 1. The number of carbonyl (C=O) groups excluding carboxylic acids is 2. The molecule has 5 nitrogen and oxygen atoms in total. The number of thioether (sulfide) groups is 1. The highest BCUT2D eigenvalue weighted by atomic mass is 32.2. The highest BCUT2D eigenvalue weighted by Gasteiger charge is 2.33. The largest absolute Gasteiger partial charge is 0.508 e. The van der Waals surface area contributed by atoms with E-state index in [2.05, 4.69) is 5.32 Å². The van der Waals surface area contributed by atoms with Crippen LogP contribution in [-0.2, 0) is 9.59 Å². The van der Waals surface area contributed by atoms with E-state index in [1.807, 2.05) is 43.3 Å². The molecule has 1 heterocycles. The number of nitrogens with zero attached hydrogens (tertiary/aromatic N) is 1. The van der Waals surface area contributed by atoms with Gasteiger partial charge in [-0.15, -0.1) is 0 Å². The minimum Gasteiger partial charge on any atom is -0.508 e. The van der Waals surface area contributed by atoms with Gasteiger partial charge in [0, 0.05) is 5.69 Å². The van der Waals surface area contributed by atoms with Crippen LogP contribution in [0.1, 0.15) is 12.5 Å². The molecule has 0 radical (unpaired) electrons. The minimum atomic E-state index is -0.361. The molecule has 1 fully saturated rings. The highest BCUT2D eigenvalue weighted by molar-refractivity contribution is 8.26. The molecule has 28 heavy (non-hydrogen) atoms. The van der Waals surface area contributed by atoms with Gasteiger partial charge in [0.2, 0.25) is 5.91 Å². The van der Waals surface area contributed by atoms with Crippen LogP contribution in [0.4, 0.5) is 5.69 Å². The number of hydrogen-bond acceptors (Lipinski definition) is 5. The van der Waals surface area contributed by atoms with Crippen molar-refractivity contribution in [3.8, 4) is 5.75 Å². The monoisotopic (exact) mass is 410 g/mol. The van der Waals surface area contributed by atoms with E-state index in [4.69, 9.17) is 12.2 Å². The number of hydrogen-bond donors (Lipinski definition) is 2. The van der Waals surface area contributed by atoms with Crippen molar-refractivity contribution >= 4 is 51.9 Å². The molecular formula is C21H18N2O3S2. The molecule has 1 aliphatic rings. The molecule has 0 atom stereocenters. The van der Waals surface area contributed by atoms with E-state index in [1.165, 1.54) is 28.8 Å². The third kappa shape index (κ3) is 5.09. The molecule has 0 aliphatic carbocycles. The summed E-state index contributed by atoms with van der Waals surface area (Å²) < 4.78 is 0.351. The fourth-order valence-electron chi connectivity index (χ4n) is 2.59. The predicted octanol–water partition coefficient (Wildman–Crippen LogP) is 4.18. The number of amides is 2. The maximum absolute atomic E-state index is 12.6. The van der Waals surface area contributed by atoms with E-state index in [0.717, 1.165) is 11.1 Å². The summed E-state index contributed by atoms with van der Waals surface area (Å²) in [5, 5.41) is 12.0. The van der Waals surface area contributed by atoms with Gasteiger partial charge in [0.25, 0.3) is 5.91 Å². The number of benzene rings is 2. The maximum Gasteiger partial charge on any atom is 0.266 e. The molecule has 1 saturated heterocycles. The van der Waals surface area contributed by atoms with Crippen LogP contribution in [0.15, 0.2) is 71.2 Å². The number of phenolic OH excluding ortho intramolecular Hbond substituents is 1. The van der Waals surface area contributed by atoms with Gasteiger partial charge < -0.3 is 10.4 Å². The van der Waals surface area contributed by atoms with Gasteiger partial charge in [0.05, 0.1) is 4.91 Å². The van der Waals surface area contributed by atoms with Gasteiger partial charge in [-0.05, 0) is 48.4 Å². The van der Waals surface area contributed by atoms with Crippen molar-refractivity contribution < 1.29 is 14.7 Å². The Bertz CT molecular complexity index is 967. The van der Waals surface area contributed by atoms with Crippen molar-refractivity contribution in [3.63, 3.8) is 0 Å². The van der Waals surface area contributed by atoms with Crippen molar-refractivity contribution in [3.05, 3.63) is 76.7 Å². The second kappa shape index (κ2) is 8.86. The second-order valence-electron chi connectivity index (χ2n) is 6.16. The molecular weight excluding hydrogens is 392 g/mol. The summed E-state index contributed by atoms with van der Waals surface area (Å²) in [5.74, 6) is -0.532. The second-order valence-corrected chi connectivity index (χ2v) is 7.84. The van der Waals surface area contributed by atoms with E-state index < -0.39 is 0 Å². The van der Waals surface area contributed by atoms with Crippen LogP contribution in [0.5, 0.6) is 5.75 Å². The molecule has 3 rings (SSSR count). The number of carbonyl (C=O) groups is 2. The standard InChI is InChI=1S/C21H18N2O3S2/c1-14(11-15-5-3-2-4-6-15)12-18-20(26)23(21(27)28-18)13-19(25)22-16-7-9-17(24)10-8-16/h2-12,24H,13H2,1H3,(H,22,25). The van der Waals surface area contributed by atoms with Crippen LogP contribution in [-0.4, -0.2) is 32.7 Å². The van der Waals surface area contributed by atoms with Crippen LogP contribution < -0.4 is 5.32 Å². The Labute approximate surface area is 172 Å². The van der Waals surface area contributed by atoms with Crippen LogP contribution >= 0.6 is 24.0 Å². The van der Waals surface area contributed by atoms with Crippen molar-refractivity contribution in [1.82, 2.24) is 4.90 Å². The van der Waals surface area contributed by atoms with Gasteiger partial charge in [-0.25, -0.2) is 0 Å². The lowest BCUT2D eigenvalue weighted by molar-refractivity contribution is -0.126. The van der Waals surface area contributed by atoms with Gasteiger partial charge in [-0.1, -0.05) is 60.4 Å². The molecule has 7 heteroatoms. The zero-order chi connectivity index (χ0) is 20.1. The van der Waals surface area contributed by atoms with Gasteiger partial charge in [0.15, 0.2) is 0 Å². The van der Waals surface area contributed by atoms with Crippen molar-refractivity contribution in [2.75, 3.05) is 11.9 Å². The van der Waals surface area contributed by atoms with E-state index in [1.54, 1.807) is 18.2 Å². The molecule has 0 bridgehead atoms. The zero-order valence-electron chi connectivity index (χ0n) is 15.1. The summed E-state index contributed by atoms with van der Waals surface area (Å²) in [7, 11) is 0. The van der Waals surface area contributed by atoms with Gasteiger partial charge >= 0.3 is 0 Å². The molecule has 1 aliphatic heterocycles. The Kier molecular flexibility index (Phi) is 6.28. The first kappa shape index (κ1) is 19.9. The Morgan fingerprint density at radius 1 is 1.18 bits per heavy atom. The van der Waals surface area contributed by atoms with E-state index in [9.17, 15) is 14.7 Å². The summed E-state index contributed by atoms with van der Waals surface area (Å²) in [6.07, 6.45) is 3.76. The van der Waals surface area contributed by atoms with Crippen LogP contribution in [0.25, 0.3) is 6.08 Å². The third-order valence-corrected chi connectivity index (χ3v) is 5.26. The molecule has 2 aromatic rings. The lowest BCUT2D eigenvalue weighted by Crippen LogP contribution is -2.36. The molecule has 0 saturated carbocycles. The van der Waals surface area contributed by atoms with Crippen LogP contribution in [0.3, 0.4) is 0 Å². The summed E-state index contributed by atoms with van der Waals surface area (Å²) in [6.45, 7) is 1.75. The number of allylic oxidation sites excluding steroid dienone is 2. The average molecular weight is 411 g/mol. The Hall–Kier alpha value is -2.90. The topological polar surface area (TPSA) is 69.6 Å². The first-order valence-electron chi connectivity index (χ1n) is 8.50. The predicted molar refractivity (Wildman–Crippen MR) is 117 cm³/mol. The number of rotatable bonds is 5. The maximum atomic E-state index is 12.6. The number of aromatic hydroxyl groups is 1. The van der Waals surface area contributed by atoms with Crippen molar-refractivity contribution in [2.45, 2.75) is 6.92 Å². The SMILES string of the molecule is CC(=Cc1ccccc1)C=C1SC(=S)N(CC(=O)Nc2ccc(O)cc2)C1=O. The Balaban J connectivity index is 1.66. The highest BCUT2D eigenvalue weighted by Crippen LogP contribution is 2.32. The number of phenols is 1. The number of nitrogens with one attached hydrogen (secondary N) is 1. The molecule has 0 spiro atoms. The quantitative estimate of drug-likeness (QED) is 0.440. The molecule has 142 valence electrons. The molecule has 0 unspecified atom stereocenters. The smallest absolute Gasteiger partial charge is 0.266 e. The van der Waals surface area contributed by atoms with Gasteiger partial charge in [0.1, 0.15) is 16.6 Å². The number of anilines is 1. The lowest BCUT2D eigenvalue weighted by atomic mass is 10.1. The summed E-state index contributed by atoms with van der Waals surface area (Å²) in [5.41, 5.74) is 2.49. The lowest BCUT2D eigenvalue weighted by Gasteiger charge is -2.14. The average Bonchev–Trinajstić information content (AvgIpc) is 2.91. The van der Waals surface area contributed by atoms with Crippen LogP contribution in [0.2, 0.25) is 0 Å². The summed E-state index contributed by atoms with van der Waals surface area (Å²) in [6, 6.07) is 15.9. The Morgan fingerprint density at radius 3 is 2.54 bits per heavy atom. The van der Waals surface area contributed by atoms with Crippen molar-refractivity contribution in [1.29, 1.82) is 0 Å². The zero-order valence-corrected chi connectivity index (χ0v) is 16.7. The van der Waals surface area contributed by atoms with Crippen LogP contribution in [0, 0.1) is 0 Å². The molecule has 2 amide bonds. The fraction of sp³-hybridized carbons (Fsp3) is 0.0952. The first-order chi connectivity index (χ1) is 13.4. The normalized spacial score (nSPS) is 16.0. The van der Waals surface area contributed by atoms with E-state index in [-0.39, 0.29) is 24.1 Å². The molecule has 2 aromatic carbocycles.